The molecule has 216 valence electrons. The van der Waals surface area contributed by atoms with Crippen LogP contribution in [0.15, 0.2) is 53.8 Å². The molecule has 0 amide bonds. The lowest BCUT2D eigenvalue weighted by Crippen LogP contribution is -2.56. The molecule has 2 heterocycles. The number of benzene rings is 2. The zero-order valence-corrected chi connectivity index (χ0v) is 24.0. The van der Waals surface area contributed by atoms with Gasteiger partial charge in [0, 0.05) is 50.0 Å². The molecule has 1 aliphatic heterocycles. The molecule has 0 spiro atoms. The Morgan fingerprint density at radius 2 is 1.90 bits per heavy atom. The molecule has 0 aliphatic carbocycles. The first kappa shape index (κ1) is 29.7. The van der Waals surface area contributed by atoms with Gasteiger partial charge in [-0.25, -0.2) is 18.4 Å². The van der Waals surface area contributed by atoms with Gasteiger partial charge < -0.3 is 24.6 Å². The second kappa shape index (κ2) is 12.9. The van der Waals surface area contributed by atoms with E-state index < -0.39 is 21.6 Å². The summed E-state index contributed by atoms with van der Waals surface area (Å²) in [5.41, 5.74) is 0.947. The molecule has 2 aromatic carbocycles. The van der Waals surface area contributed by atoms with Gasteiger partial charge in [-0.2, -0.15) is 4.72 Å². The Balaban J connectivity index is 2.03. The van der Waals surface area contributed by atoms with E-state index in [1.54, 1.807) is 36.5 Å². The first-order valence-corrected chi connectivity index (χ1v) is 14.6. The molecule has 1 saturated heterocycles. The van der Waals surface area contributed by atoms with E-state index in [-0.39, 0.29) is 36.0 Å². The van der Waals surface area contributed by atoms with Crippen molar-refractivity contribution in [2.45, 2.75) is 43.7 Å². The van der Waals surface area contributed by atoms with E-state index in [4.69, 9.17) is 14.2 Å². The summed E-state index contributed by atoms with van der Waals surface area (Å²) >= 11 is 0. The maximum absolute atomic E-state index is 14.2. The highest BCUT2D eigenvalue weighted by molar-refractivity contribution is 7.89. The third kappa shape index (κ3) is 6.88. The lowest BCUT2D eigenvalue weighted by molar-refractivity contribution is 0.225. The number of nitrogens with one attached hydrogen (secondary N) is 3. The summed E-state index contributed by atoms with van der Waals surface area (Å²) in [6.07, 6.45) is 2.68. The van der Waals surface area contributed by atoms with Crippen LogP contribution >= 0.6 is 0 Å². The fourth-order valence-electron chi connectivity index (χ4n) is 4.35. The summed E-state index contributed by atoms with van der Waals surface area (Å²) in [7, 11) is -2.67. The Morgan fingerprint density at radius 3 is 2.52 bits per heavy atom. The number of para-hydroxylation sites is 2. The molecule has 1 aliphatic rings. The number of piperazine rings is 1. The SMILES string of the molecule is COc1ccccc1Oc1c(C(C)(C)C)cc(-c2ccncn2)c(S(=O)(=O)NC2CNCCN2)c1OCCCO. The van der Waals surface area contributed by atoms with Crippen LogP contribution in [0.3, 0.4) is 0 Å². The highest BCUT2D eigenvalue weighted by Gasteiger charge is 2.36. The molecule has 3 aromatic rings. The van der Waals surface area contributed by atoms with E-state index in [1.807, 2.05) is 26.8 Å². The summed E-state index contributed by atoms with van der Waals surface area (Å²) in [6.45, 7) is 7.69. The van der Waals surface area contributed by atoms with Crippen LogP contribution in [0.4, 0.5) is 0 Å². The van der Waals surface area contributed by atoms with Gasteiger partial charge in [0.05, 0.1) is 25.6 Å². The maximum Gasteiger partial charge on any atom is 0.246 e. The lowest BCUT2D eigenvalue weighted by atomic mass is 9.84. The molecule has 40 heavy (non-hydrogen) atoms. The minimum Gasteiger partial charge on any atom is -0.493 e. The number of sulfonamides is 1. The van der Waals surface area contributed by atoms with Gasteiger partial charge in [0.1, 0.15) is 11.2 Å². The van der Waals surface area contributed by atoms with Crippen LogP contribution in [0, 0.1) is 0 Å². The van der Waals surface area contributed by atoms with Gasteiger partial charge in [0.15, 0.2) is 23.0 Å². The number of nitrogens with zero attached hydrogens (tertiary/aromatic N) is 2. The maximum atomic E-state index is 14.2. The zero-order valence-electron chi connectivity index (χ0n) is 23.2. The van der Waals surface area contributed by atoms with Crippen molar-refractivity contribution in [2.24, 2.45) is 0 Å². The summed E-state index contributed by atoms with van der Waals surface area (Å²) in [6, 6.07) is 10.6. The second-order valence-electron chi connectivity index (χ2n) is 10.3. The number of ether oxygens (including phenoxy) is 3. The van der Waals surface area contributed by atoms with E-state index in [0.29, 0.717) is 41.4 Å². The highest BCUT2D eigenvalue weighted by atomic mass is 32.2. The van der Waals surface area contributed by atoms with Crippen molar-refractivity contribution in [3.05, 3.63) is 54.5 Å². The van der Waals surface area contributed by atoms with E-state index >= 15 is 0 Å². The van der Waals surface area contributed by atoms with E-state index in [2.05, 4.69) is 25.3 Å². The first-order chi connectivity index (χ1) is 19.2. The normalized spacial score (nSPS) is 16.0. The number of aromatic nitrogens is 2. The quantitative estimate of drug-likeness (QED) is 0.254. The minimum atomic E-state index is -4.21. The van der Waals surface area contributed by atoms with Gasteiger partial charge in [0.25, 0.3) is 0 Å². The predicted molar refractivity (Wildman–Crippen MR) is 151 cm³/mol. The number of methoxy groups -OCH3 is 1. The monoisotopic (exact) mass is 571 g/mol. The third-order valence-corrected chi connectivity index (χ3v) is 7.83. The molecule has 0 radical (unpaired) electrons. The molecule has 4 N–H and O–H groups in total. The molecule has 0 saturated carbocycles. The number of rotatable bonds is 11. The Hall–Kier alpha value is -3.29. The molecule has 1 aromatic heterocycles. The Labute approximate surface area is 235 Å². The van der Waals surface area contributed by atoms with Crippen molar-refractivity contribution in [3.8, 4) is 34.3 Å². The zero-order chi connectivity index (χ0) is 28.8. The fraction of sp³-hybridized carbons (Fsp3) is 0.429. The van der Waals surface area contributed by atoms with Crippen molar-refractivity contribution >= 4 is 10.0 Å². The van der Waals surface area contributed by atoms with Crippen LogP contribution in [0.1, 0.15) is 32.8 Å². The van der Waals surface area contributed by atoms with E-state index in [1.165, 1.54) is 13.4 Å². The van der Waals surface area contributed by atoms with Crippen LogP contribution in [-0.2, 0) is 15.4 Å². The minimum absolute atomic E-state index is 0.0247. The summed E-state index contributed by atoms with van der Waals surface area (Å²) in [5.74, 6) is 1.13. The van der Waals surface area contributed by atoms with Crippen LogP contribution in [0.5, 0.6) is 23.0 Å². The van der Waals surface area contributed by atoms with Crippen molar-refractivity contribution in [1.82, 2.24) is 25.3 Å². The largest absolute Gasteiger partial charge is 0.493 e. The summed E-state index contributed by atoms with van der Waals surface area (Å²) in [5, 5.41) is 15.9. The van der Waals surface area contributed by atoms with Crippen LogP contribution < -0.4 is 29.6 Å². The topological polar surface area (TPSA) is 144 Å². The average Bonchev–Trinajstić information content (AvgIpc) is 2.94. The van der Waals surface area contributed by atoms with Crippen LogP contribution in [0.2, 0.25) is 0 Å². The smallest absolute Gasteiger partial charge is 0.246 e. The number of hydrogen-bond donors (Lipinski definition) is 4. The van der Waals surface area contributed by atoms with E-state index in [9.17, 15) is 13.5 Å². The highest BCUT2D eigenvalue weighted by Crippen LogP contribution is 2.50. The second-order valence-corrected chi connectivity index (χ2v) is 12.0. The van der Waals surface area contributed by atoms with Gasteiger partial charge >= 0.3 is 0 Å². The Kier molecular flexibility index (Phi) is 9.59. The number of hydrogen-bond acceptors (Lipinski definition) is 10. The third-order valence-electron chi connectivity index (χ3n) is 6.29. The van der Waals surface area contributed by atoms with Crippen LogP contribution in [-0.4, -0.2) is 69.6 Å². The molecule has 4 rings (SSSR count). The molecule has 1 atom stereocenters. The molecule has 12 heteroatoms. The van der Waals surface area contributed by atoms with Gasteiger partial charge in [-0.05, 0) is 29.7 Å². The van der Waals surface area contributed by atoms with Gasteiger partial charge in [0.2, 0.25) is 10.0 Å². The molecular formula is C28H37N5O6S. The number of aliphatic hydroxyl groups is 1. The van der Waals surface area contributed by atoms with Gasteiger partial charge in [-0.1, -0.05) is 32.9 Å². The molecule has 1 unspecified atom stereocenters. The molecule has 1 fully saturated rings. The van der Waals surface area contributed by atoms with Crippen molar-refractivity contribution in [3.63, 3.8) is 0 Å². The van der Waals surface area contributed by atoms with Crippen molar-refractivity contribution < 1.29 is 27.7 Å². The predicted octanol–water partition coefficient (Wildman–Crippen LogP) is 2.80. The molecule has 0 bridgehead atoms. The summed E-state index contributed by atoms with van der Waals surface area (Å²) < 4.78 is 49.4. The summed E-state index contributed by atoms with van der Waals surface area (Å²) in [4.78, 5) is 8.28. The van der Waals surface area contributed by atoms with Gasteiger partial charge in [-0.3, -0.25) is 5.32 Å². The number of aliphatic hydroxyl groups excluding tert-OH is 1. The fourth-order valence-corrected chi connectivity index (χ4v) is 5.86. The average molecular weight is 572 g/mol. The molecular weight excluding hydrogens is 534 g/mol. The Morgan fingerprint density at radius 1 is 1.12 bits per heavy atom. The van der Waals surface area contributed by atoms with Crippen LogP contribution in [0.25, 0.3) is 11.3 Å². The first-order valence-electron chi connectivity index (χ1n) is 13.1. The standard InChI is InChI=1S/C28H37N5O6S/c1-28(2,3)20-16-19(21-10-11-30-18-32-21)27(40(35,36)33-24-17-29-12-13-31-24)26(38-15-7-14-34)25(20)39-23-9-6-5-8-22(23)37-4/h5-6,8-11,16,18,24,29,31,33-34H,7,12-15,17H2,1-4H3. The lowest BCUT2D eigenvalue weighted by Gasteiger charge is -2.30. The van der Waals surface area contributed by atoms with Gasteiger partial charge in [-0.15, -0.1) is 0 Å². The Bertz CT molecular complexity index is 1390. The van der Waals surface area contributed by atoms with Crippen molar-refractivity contribution in [2.75, 3.05) is 40.0 Å². The van der Waals surface area contributed by atoms with E-state index in [0.717, 1.165) is 6.54 Å². The molecule has 11 nitrogen and oxygen atoms in total. The van der Waals surface area contributed by atoms with Crippen molar-refractivity contribution in [1.29, 1.82) is 0 Å².